The Kier molecular flexibility index (Phi) is 4.21. The van der Waals surface area contributed by atoms with Crippen LogP contribution in [-0.2, 0) is 4.79 Å². The summed E-state index contributed by atoms with van der Waals surface area (Å²) in [4.78, 5) is 25.4. The van der Waals surface area contributed by atoms with Crippen molar-refractivity contribution in [3.63, 3.8) is 0 Å². The van der Waals surface area contributed by atoms with Crippen molar-refractivity contribution >= 4 is 17.9 Å². The van der Waals surface area contributed by atoms with Crippen LogP contribution in [-0.4, -0.2) is 31.4 Å². The number of ether oxygens (including phenoxy) is 2. The molecule has 1 aromatic rings. The molecule has 21 heavy (non-hydrogen) atoms. The lowest BCUT2D eigenvalue weighted by molar-refractivity contribution is -0.132. The zero-order valence-electron chi connectivity index (χ0n) is 12.9. The fourth-order valence-corrected chi connectivity index (χ4v) is 2.40. The summed E-state index contributed by atoms with van der Waals surface area (Å²) in [6.45, 7) is 6.15. The van der Waals surface area contributed by atoms with Crippen molar-refractivity contribution in [2.75, 3.05) is 18.6 Å². The van der Waals surface area contributed by atoms with E-state index in [-0.39, 0.29) is 5.91 Å². The highest BCUT2D eigenvalue weighted by molar-refractivity contribution is 6.03. The third kappa shape index (κ3) is 2.73. The highest BCUT2D eigenvalue weighted by atomic mass is 16.5. The monoisotopic (exact) mass is 291 g/mol. The summed E-state index contributed by atoms with van der Waals surface area (Å²) in [5, 5.41) is 0. The van der Waals surface area contributed by atoms with Gasteiger partial charge < -0.3 is 14.4 Å². The third-order valence-electron chi connectivity index (χ3n) is 3.56. The van der Waals surface area contributed by atoms with E-state index in [0.717, 1.165) is 19.1 Å². The average molecular weight is 291 g/mol. The SMILES string of the molecule is CCCCN1C(=O)C(C)(C)Oc2c(OC)cc(C=O)cc21. The number of hydrogen-bond acceptors (Lipinski definition) is 4. The van der Waals surface area contributed by atoms with Crippen LogP contribution in [0.4, 0.5) is 5.69 Å². The number of benzene rings is 1. The maximum atomic E-state index is 12.6. The summed E-state index contributed by atoms with van der Waals surface area (Å²) in [6, 6.07) is 3.30. The molecule has 1 aliphatic heterocycles. The summed E-state index contributed by atoms with van der Waals surface area (Å²) in [7, 11) is 1.52. The first kappa shape index (κ1) is 15.4. The summed E-state index contributed by atoms with van der Waals surface area (Å²) >= 11 is 0. The van der Waals surface area contributed by atoms with Crippen molar-refractivity contribution in [3.05, 3.63) is 17.7 Å². The van der Waals surface area contributed by atoms with Crippen molar-refractivity contribution in [2.24, 2.45) is 0 Å². The number of carbonyl (C=O) groups is 2. The fourth-order valence-electron chi connectivity index (χ4n) is 2.40. The summed E-state index contributed by atoms with van der Waals surface area (Å²) in [5.74, 6) is 0.883. The van der Waals surface area contributed by atoms with Gasteiger partial charge in [-0.3, -0.25) is 9.59 Å². The first-order chi connectivity index (χ1) is 9.94. The van der Waals surface area contributed by atoms with E-state index in [4.69, 9.17) is 9.47 Å². The van der Waals surface area contributed by atoms with Gasteiger partial charge in [0.15, 0.2) is 17.1 Å². The van der Waals surface area contributed by atoms with E-state index < -0.39 is 5.60 Å². The lowest BCUT2D eigenvalue weighted by Crippen LogP contribution is -2.52. The molecule has 0 aliphatic carbocycles. The zero-order chi connectivity index (χ0) is 15.6. The van der Waals surface area contributed by atoms with Crippen LogP contribution in [0.25, 0.3) is 0 Å². The number of anilines is 1. The van der Waals surface area contributed by atoms with Crippen molar-refractivity contribution in [2.45, 2.75) is 39.2 Å². The van der Waals surface area contributed by atoms with Gasteiger partial charge in [-0.15, -0.1) is 0 Å². The summed E-state index contributed by atoms with van der Waals surface area (Å²) in [6.07, 6.45) is 2.60. The maximum absolute atomic E-state index is 12.6. The topological polar surface area (TPSA) is 55.8 Å². The summed E-state index contributed by atoms with van der Waals surface area (Å²) < 4.78 is 11.1. The Hall–Kier alpha value is -2.04. The molecule has 0 aromatic heterocycles. The highest BCUT2D eigenvalue weighted by Crippen LogP contribution is 2.45. The van der Waals surface area contributed by atoms with Gasteiger partial charge in [-0.05, 0) is 32.4 Å². The number of aldehydes is 1. The van der Waals surface area contributed by atoms with Gasteiger partial charge in [-0.1, -0.05) is 13.3 Å². The minimum atomic E-state index is -0.948. The Labute approximate surface area is 124 Å². The van der Waals surface area contributed by atoms with Crippen molar-refractivity contribution in [1.82, 2.24) is 0 Å². The first-order valence-corrected chi connectivity index (χ1v) is 7.12. The molecule has 1 heterocycles. The number of amides is 1. The molecular formula is C16H21NO4. The van der Waals surface area contributed by atoms with Gasteiger partial charge in [-0.25, -0.2) is 0 Å². The number of unbranched alkanes of at least 4 members (excludes halogenated alkanes) is 1. The molecule has 0 bridgehead atoms. The molecule has 1 aliphatic rings. The van der Waals surface area contributed by atoms with Crippen LogP contribution in [0.1, 0.15) is 44.0 Å². The van der Waals surface area contributed by atoms with Crippen LogP contribution >= 0.6 is 0 Å². The van der Waals surface area contributed by atoms with Gasteiger partial charge in [0.05, 0.1) is 12.8 Å². The minimum Gasteiger partial charge on any atom is -0.493 e. The van der Waals surface area contributed by atoms with Gasteiger partial charge in [-0.2, -0.15) is 0 Å². The molecule has 0 N–H and O–H groups in total. The number of fused-ring (bicyclic) bond motifs is 1. The molecule has 5 heteroatoms. The Morgan fingerprint density at radius 1 is 1.38 bits per heavy atom. The molecule has 0 radical (unpaired) electrons. The Morgan fingerprint density at radius 3 is 2.67 bits per heavy atom. The van der Waals surface area contributed by atoms with E-state index in [2.05, 4.69) is 6.92 Å². The van der Waals surface area contributed by atoms with Crippen LogP contribution in [0, 0.1) is 0 Å². The molecule has 1 aromatic carbocycles. The van der Waals surface area contributed by atoms with Crippen LogP contribution in [0.5, 0.6) is 11.5 Å². The molecule has 0 atom stereocenters. The fraction of sp³-hybridized carbons (Fsp3) is 0.500. The predicted molar refractivity (Wildman–Crippen MR) is 80.3 cm³/mol. The van der Waals surface area contributed by atoms with Crippen molar-refractivity contribution < 1.29 is 19.1 Å². The molecule has 5 nitrogen and oxygen atoms in total. The largest absolute Gasteiger partial charge is 0.493 e. The number of methoxy groups -OCH3 is 1. The van der Waals surface area contributed by atoms with Gasteiger partial charge in [0.2, 0.25) is 0 Å². The van der Waals surface area contributed by atoms with E-state index in [1.54, 1.807) is 30.9 Å². The van der Waals surface area contributed by atoms with Crippen molar-refractivity contribution in [1.29, 1.82) is 0 Å². The lowest BCUT2D eigenvalue weighted by atomic mass is 10.0. The number of hydrogen-bond donors (Lipinski definition) is 0. The lowest BCUT2D eigenvalue weighted by Gasteiger charge is -2.39. The van der Waals surface area contributed by atoms with Gasteiger partial charge >= 0.3 is 0 Å². The Bertz CT molecular complexity index is 566. The first-order valence-electron chi connectivity index (χ1n) is 7.12. The van der Waals surface area contributed by atoms with E-state index in [1.807, 2.05) is 0 Å². The highest BCUT2D eigenvalue weighted by Gasteiger charge is 2.42. The van der Waals surface area contributed by atoms with E-state index in [9.17, 15) is 9.59 Å². The van der Waals surface area contributed by atoms with Crippen LogP contribution in [0.2, 0.25) is 0 Å². The second-order valence-corrected chi connectivity index (χ2v) is 5.61. The van der Waals surface area contributed by atoms with Crippen LogP contribution in [0.15, 0.2) is 12.1 Å². The minimum absolute atomic E-state index is 0.103. The Balaban J connectivity index is 2.58. The van der Waals surface area contributed by atoms with Crippen LogP contribution in [0.3, 0.4) is 0 Å². The standard InChI is InChI=1S/C16H21NO4/c1-5-6-7-17-12-8-11(10-18)9-13(20-4)14(12)21-16(2,3)15(17)19/h8-10H,5-7H2,1-4H3. The number of nitrogens with zero attached hydrogens (tertiary/aromatic N) is 1. The molecule has 114 valence electrons. The van der Waals surface area contributed by atoms with Crippen LogP contribution < -0.4 is 14.4 Å². The Morgan fingerprint density at radius 2 is 2.10 bits per heavy atom. The molecule has 0 spiro atoms. The molecule has 2 rings (SSSR count). The molecule has 0 saturated carbocycles. The quantitative estimate of drug-likeness (QED) is 0.783. The zero-order valence-corrected chi connectivity index (χ0v) is 12.9. The van der Waals surface area contributed by atoms with E-state index in [0.29, 0.717) is 29.3 Å². The smallest absolute Gasteiger partial charge is 0.270 e. The average Bonchev–Trinajstić information content (AvgIpc) is 2.47. The van der Waals surface area contributed by atoms with E-state index in [1.165, 1.54) is 7.11 Å². The molecule has 0 unspecified atom stereocenters. The maximum Gasteiger partial charge on any atom is 0.270 e. The number of rotatable bonds is 5. The van der Waals surface area contributed by atoms with Gasteiger partial charge in [0, 0.05) is 12.1 Å². The molecule has 1 amide bonds. The molecule has 0 fully saturated rings. The molecular weight excluding hydrogens is 270 g/mol. The predicted octanol–water partition coefficient (Wildman–Crippen LogP) is 2.81. The third-order valence-corrected chi connectivity index (χ3v) is 3.56. The second-order valence-electron chi connectivity index (χ2n) is 5.61. The van der Waals surface area contributed by atoms with Gasteiger partial charge in [0.1, 0.15) is 6.29 Å². The van der Waals surface area contributed by atoms with Crippen molar-refractivity contribution in [3.8, 4) is 11.5 Å². The molecule has 0 saturated heterocycles. The normalized spacial score (nSPS) is 16.2. The van der Waals surface area contributed by atoms with Gasteiger partial charge in [0.25, 0.3) is 5.91 Å². The second kappa shape index (κ2) is 5.76. The van der Waals surface area contributed by atoms with E-state index >= 15 is 0 Å². The summed E-state index contributed by atoms with van der Waals surface area (Å²) in [5.41, 5.74) is 0.119. The number of carbonyl (C=O) groups excluding carboxylic acids is 2.